The van der Waals surface area contributed by atoms with Crippen LogP contribution in [0.5, 0.6) is 0 Å². The van der Waals surface area contributed by atoms with E-state index in [-0.39, 0.29) is 6.10 Å². The first-order chi connectivity index (χ1) is 10.1. The van der Waals surface area contributed by atoms with Gasteiger partial charge in [-0.3, -0.25) is 9.80 Å². The maximum atomic E-state index is 9.84. The molecule has 2 saturated heterocycles. The molecule has 3 nitrogen and oxygen atoms in total. The second kappa shape index (κ2) is 6.47. The largest absolute Gasteiger partial charge is 0.392 e. The summed E-state index contributed by atoms with van der Waals surface area (Å²) in [6.45, 7) is 8.94. The molecule has 0 radical (unpaired) electrons. The van der Waals surface area contributed by atoms with E-state index in [9.17, 15) is 5.11 Å². The van der Waals surface area contributed by atoms with Crippen LogP contribution in [-0.2, 0) is 0 Å². The third-order valence-corrected chi connectivity index (χ3v) is 5.29. The van der Waals surface area contributed by atoms with Gasteiger partial charge in [-0.25, -0.2) is 0 Å². The van der Waals surface area contributed by atoms with Gasteiger partial charge in [0.2, 0.25) is 0 Å². The van der Waals surface area contributed by atoms with Crippen LogP contribution in [0.15, 0.2) is 30.3 Å². The van der Waals surface area contributed by atoms with Gasteiger partial charge < -0.3 is 5.11 Å². The second-order valence-electron chi connectivity index (χ2n) is 6.94. The normalized spacial score (nSPS) is 32.0. The quantitative estimate of drug-likeness (QED) is 0.921. The van der Waals surface area contributed by atoms with Crippen molar-refractivity contribution >= 4 is 0 Å². The Balaban J connectivity index is 1.53. The molecule has 2 fully saturated rings. The molecule has 2 aliphatic rings. The van der Waals surface area contributed by atoms with Crippen molar-refractivity contribution in [2.24, 2.45) is 0 Å². The molecule has 0 saturated carbocycles. The predicted molar refractivity (Wildman–Crippen MR) is 86.5 cm³/mol. The molecule has 3 rings (SSSR count). The van der Waals surface area contributed by atoms with Gasteiger partial charge in [0.15, 0.2) is 0 Å². The van der Waals surface area contributed by atoms with Gasteiger partial charge in [-0.2, -0.15) is 0 Å². The van der Waals surface area contributed by atoms with Crippen molar-refractivity contribution in [1.82, 2.24) is 9.80 Å². The first-order valence-corrected chi connectivity index (χ1v) is 8.34. The highest BCUT2D eigenvalue weighted by atomic mass is 16.3. The van der Waals surface area contributed by atoms with Crippen LogP contribution in [0.25, 0.3) is 0 Å². The number of benzene rings is 1. The number of aliphatic hydroxyl groups is 1. The standard InChI is InChI=1S/C18H28N2O/c1-14(16-6-4-3-5-7-16)8-9-19-12-17-10-18(21)13-20(17)11-15(19)2/h3-7,14-15,17-18,21H,8-13H2,1-2H3/t14-,15+,17-,18-/m1/s1. The Labute approximate surface area is 128 Å². The highest BCUT2D eigenvalue weighted by Crippen LogP contribution is 2.26. The Hall–Kier alpha value is -0.900. The smallest absolute Gasteiger partial charge is 0.0682 e. The number of fused-ring (bicyclic) bond motifs is 1. The summed E-state index contributed by atoms with van der Waals surface area (Å²) in [5, 5.41) is 9.84. The zero-order valence-electron chi connectivity index (χ0n) is 13.3. The molecule has 0 amide bonds. The maximum Gasteiger partial charge on any atom is 0.0682 e. The third-order valence-electron chi connectivity index (χ3n) is 5.29. The minimum atomic E-state index is -0.106. The van der Waals surface area contributed by atoms with Crippen LogP contribution in [0, 0.1) is 0 Å². The Morgan fingerprint density at radius 2 is 1.95 bits per heavy atom. The predicted octanol–water partition coefficient (Wildman–Crippen LogP) is 2.32. The number of hydrogen-bond acceptors (Lipinski definition) is 3. The lowest BCUT2D eigenvalue weighted by atomic mass is 9.97. The molecule has 1 aromatic carbocycles. The lowest BCUT2D eigenvalue weighted by Crippen LogP contribution is -2.55. The van der Waals surface area contributed by atoms with Crippen molar-refractivity contribution in [3.63, 3.8) is 0 Å². The fraction of sp³-hybridized carbons (Fsp3) is 0.667. The highest BCUT2D eigenvalue weighted by Gasteiger charge is 2.37. The maximum absolute atomic E-state index is 9.84. The zero-order chi connectivity index (χ0) is 14.8. The molecule has 0 aromatic heterocycles. The van der Waals surface area contributed by atoms with Gasteiger partial charge >= 0.3 is 0 Å². The Kier molecular flexibility index (Phi) is 4.63. The summed E-state index contributed by atoms with van der Waals surface area (Å²) in [6.07, 6.45) is 2.06. The van der Waals surface area contributed by atoms with Crippen LogP contribution < -0.4 is 0 Å². The number of hydrogen-bond donors (Lipinski definition) is 1. The molecule has 3 heteroatoms. The van der Waals surface area contributed by atoms with Crippen LogP contribution in [0.3, 0.4) is 0 Å². The average molecular weight is 288 g/mol. The minimum Gasteiger partial charge on any atom is -0.392 e. The third kappa shape index (κ3) is 3.47. The zero-order valence-corrected chi connectivity index (χ0v) is 13.3. The monoisotopic (exact) mass is 288 g/mol. The van der Waals surface area contributed by atoms with E-state index in [1.165, 1.54) is 12.0 Å². The average Bonchev–Trinajstić information content (AvgIpc) is 2.84. The summed E-state index contributed by atoms with van der Waals surface area (Å²) >= 11 is 0. The van der Waals surface area contributed by atoms with Crippen LogP contribution in [0.1, 0.15) is 38.2 Å². The van der Waals surface area contributed by atoms with E-state index in [1.807, 2.05) is 0 Å². The van der Waals surface area contributed by atoms with Crippen LogP contribution in [0.2, 0.25) is 0 Å². The summed E-state index contributed by atoms with van der Waals surface area (Å²) in [4.78, 5) is 5.10. The van der Waals surface area contributed by atoms with E-state index in [0.29, 0.717) is 18.0 Å². The lowest BCUT2D eigenvalue weighted by molar-refractivity contribution is 0.0564. The first-order valence-electron chi connectivity index (χ1n) is 8.34. The topological polar surface area (TPSA) is 26.7 Å². The molecule has 21 heavy (non-hydrogen) atoms. The summed E-state index contributed by atoms with van der Waals surface area (Å²) in [7, 11) is 0. The molecule has 0 aliphatic carbocycles. The molecule has 1 N–H and O–H groups in total. The molecule has 2 heterocycles. The summed E-state index contributed by atoms with van der Waals surface area (Å²) in [5.74, 6) is 0.616. The fourth-order valence-electron chi connectivity index (χ4n) is 3.90. The van der Waals surface area contributed by atoms with Gasteiger partial charge in [-0.05, 0) is 37.8 Å². The first kappa shape index (κ1) is 15.0. The molecule has 4 atom stereocenters. The van der Waals surface area contributed by atoms with Crippen molar-refractivity contribution < 1.29 is 5.11 Å². The summed E-state index contributed by atoms with van der Waals surface area (Å²) in [6, 6.07) is 12.0. The Morgan fingerprint density at radius 3 is 2.71 bits per heavy atom. The minimum absolute atomic E-state index is 0.106. The van der Waals surface area contributed by atoms with E-state index in [0.717, 1.165) is 32.6 Å². The molecule has 1 aromatic rings. The lowest BCUT2D eigenvalue weighted by Gasteiger charge is -2.42. The summed E-state index contributed by atoms with van der Waals surface area (Å²) in [5.41, 5.74) is 1.44. The van der Waals surface area contributed by atoms with Crippen LogP contribution in [-0.4, -0.2) is 59.3 Å². The molecule has 2 aliphatic heterocycles. The van der Waals surface area contributed by atoms with Gasteiger partial charge in [0.1, 0.15) is 0 Å². The van der Waals surface area contributed by atoms with Crippen LogP contribution >= 0.6 is 0 Å². The van der Waals surface area contributed by atoms with E-state index in [1.54, 1.807) is 0 Å². The van der Waals surface area contributed by atoms with Crippen molar-refractivity contribution in [3.05, 3.63) is 35.9 Å². The Morgan fingerprint density at radius 1 is 1.19 bits per heavy atom. The van der Waals surface area contributed by atoms with E-state index in [4.69, 9.17) is 0 Å². The van der Waals surface area contributed by atoms with Gasteiger partial charge in [0.05, 0.1) is 6.10 Å². The molecule has 0 bridgehead atoms. The SMILES string of the molecule is C[C@H](CCN1C[C@H]2C[C@@H](O)CN2C[C@@H]1C)c1ccccc1. The number of piperazine rings is 1. The van der Waals surface area contributed by atoms with Gasteiger partial charge in [-0.15, -0.1) is 0 Å². The number of aliphatic hydroxyl groups excluding tert-OH is 1. The van der Waals surface area contributed by atoms with E-state index >= 15 is 0 Å². The van der Waals surface area contributed by atoms with Gasteiger partial charge in [0, 0.05) is 31.7 Å². The van der Waals surface area contributed by atoms with Crippen molar-refractivity contribution in [2.45, 2.75) is 50.8 Å². The second-order valence-corrected chi connectivity index (χ2v) is 6.94. The van der Waals surface area contributed by atoms with Crippen LogP contribution in [0.4, 0.5) is 0 Å². The van der Waals surface area contributed by atoms with Gasteiger partial charge in [0.25, 0.3) is 0 Å². The summed E-state index contributed by atoms with van der Waals surface area (Å²) < 4.78 is 0. The van der Waals surface area contributed by atoms with Gasteiger partial charge in [-0.1, -0.05) is 37.3 Å². The van der Waals surface area contributed by atoms with Crippen molar-refractivity contribution in [1.29, 1.82) is 0 Å². The van der Waals surface area contributed by atoms with E-state index in [2.05, 4.69) is 54.0 Å². The Bertz CT molecular complexity index is 450. The van der Waals surface area contributed by atoms with Crippen molar-refractivity contribution in [2.75, 3.05) is 26.2 Å². The molecule has 0 spiro atoms. The highest BCUT2D eigenvalue weighted by molar-refractivity contribution is 5.18. The number of rotatable bonds is 4. The molecule has 116 valence electrons. The fourth-order valence-corrected chi connectivity index (χ4v) is 3.90. The van der Waals surface area contributed by atoms with E-state index < -0.39 is 0 Å². The molecular formula is C18H28N2O. The molecule has 0 unspecified atom stereocenters. The number of nitrogens with zero attached hydrogens (tertiary/aromatic N) is 2. The molecular weight excluding hydrogens is 260 g/mol. The van der Waals surface area contributed by atoms with Crippen molar-refractivity contribution in [3.8, 4) is 0 Å².